The highest BCUT2D eigenvalue weighted by Gasteiger charge is 2.22. The third-order valence-corrected chi connectivity index (χ3v) is 5.93. The van der Waals surface area contributed by atoms with Gasteiger partial charge in [-0.1, -0.05) is 12.1 Å². The van der Waals surface area contributed by atoms with E-state index in [-0.39, 0.29) is 17.2 Å². The second-order valence-corrected chi connectivity index (χ2v) is 7.99. The number of carbonyl (C=O) groups is 2. The zero-order valence-electron chi connectivity index (χ0n) is 18.7. The Morgan fingerprint density at radius 3 is 2.52 bits per heavy atom. The SMILES string of the molecule is CCn1c(CN2CCN(C(C)=O)CC2)nc2cc(NC(=O)c3ccccc3[N+](=O)[O-])ccc21. The molecule has 1 saturated heterocycles. The summed E-state index contributed by atoms with van der Waals surface area (Å²) in [6.45, 7) is 8.09. The Balaban J connectivity index is 1.53. The number of benzene rings is 2. The number of carbonyl (C=O) groups excluding carboxylic acids is 2. The van der Waals surface area contributed by atoms with Crippen LogP contribution < -0.4 is 5.32 Å². The highest BCUT2D eigenvalue weighted by molar-refractivity contribution is 6.07. The molecule has 0 unspecified atom stereocenters. The number of fused-ring (bicyclic) bond motifs is 1. The van der Waals surface area contributed by atoms with Gasteiger partial charge in [-0.15, -0.1) is 0 Å². The van der Waals surface area contributed by atoms with Crippen LogP contribution in [-0.2, 0) is 17.9 Å². The van der Waals surface area contributed by atoms with Gasteiger partial charge in [0.1, 0.15) is 11.4 Å². The molecule has 1 aromatic heterocycles. The summed E-state index contributed by atoms with van der Waals surface area (Å²) in [6.07, 6.45) is 0. The number of nitrogens with one attached hydrogen (secondary N) is 1. The molecule has 0 aliphatic carbocycles. The van der Waals surface area contributed by atoms with Crippen LogP contribution in [0, 0.1) is 10.1 Å². The standard InChI is InChI=1S/C23H26N6O4/c1-3-28-21-9-8-17(24-23(31)18-6-4-5-7-20(18)29(32)33)14-19(21)25-22(28)15-26-10-12-27(13-11-26)16(2)30/h4-9,14H,3,10-13,15H2,1-2H3,(H,24,31). The summed E-state index contributed by atoms with van der Waals surface area (Å²) in [6, 6.07) is 11.3. The Morgan fingerprint density at radius 1 is 1.12 bits per heavy atom. The first kappa shape index (κ1) is 22.4. The third-order valence-electron chi connectivity index (χ3n) is 5.93. The van der Waals surface area contributed by atoms with Crippen molar-refractivity contribution in [2.45, 2.75) is 26.9 Å². The number of aromatic nitrogens is 2. The summed E-state index contributed by atoms with van der Waals surface area (Å²) >= 11 is 0. The molecule has 2 amide bonds. The molecular formula is C23H26N6O4. The lowest BCUT2D eigenvalue weighted by molar-refractivity contribution is -0.385. The second-order valence-electron chi connectivity index (χ2n) is 7.99. The number of hydrogen-bond donors (Lipinski definition) is 1. The van der Waals surface area contributed by atoms with Crippen LogP contribution >= 0.6 is 0 Å². The van der Waals surface area contributed by atoms with Crippen molar-refractivity contribution in [2.75, 3.05) is 31.5 Å². The average molecular weight is 450 g/mol. The molecule has 33 heavy (non-hydrogen) atoms. The van der Waals surface area contributed by atoms with Crippen molar-refractivity contribution in [3.8, 4) is 0 Å². The van der Waals surface area contributed by atoms with Gasteiger partial charge in [-0.25, -0.2) is 4.98 Å². The monoisotopic (exact) mass is 450 g/mol. The molecule has 0 radical (unpaired) electrons. The van der Waals surface area contributed by atoms with Crippen molar-refractivity contribution in [1.29, 1.82) is 0 Å². The Kier molecular flexibility index (Phi) is 6.36. The van der Waals surface area contributed by atoms with Crippen LogP contribution in [0.4, 0.5) is 11.4 Å². The molecular weight excluding hydrogens is 424 g/mol. The quantitative estimate of drug-likeness (QED) is 0.456. The van der Waals surface area contributed by atoms with Crippen molar-refractivity contribution < 1.29 is 14.5 Å². The fourth-order valence-corrected chi connectivity index (χ4v) is 4.18. The van der Waals surface area contributed by atoms with Crippen molar-refractivity contribution in [1.82, 2.24) is 19.4 Å². The van der Waals surface area contributed by atoms with Crippen LogP contribution in [0.25, 0.3) is 11.0 Å². The van der Waals surface area contributed by atoms with Crippen molar-refractivity contribution in [3.05, 3.63) is 64.0 Å². The van der Waals surface area contributed by atoms with E-state index in [2.05, 4.69) is 21.7 Å². The van der Waals surface area contributed by atoms with Gasteiger partial charge >= 0.3 is 0 Å². The number of imidazole rings is 1. The maximum atomic E-state index is 12.7. The molecule has 10 nitrogen and oxygen atoms in total. The Labute approximate surface area is 190 Å². The number of nitro benzene ring substituents is 1. The molecule has 1 N–H and O–H groups in total. The molecule has 0 atom stereocenters. The number of aryl methyl sites for hydroxylation is 1. The fourth-order valence-electron chi connectivity index (χ4n) is 4.18. The van der Waals surface area contributed by atoms with Gasteiger partial charge in [0.05, 0.1) is 22.5 Å². The van der Waals surface area contributed by atoms with E-state index >= 15 is 0 Å². The third kappa shape index (κ3) is 4.70. The van der Waals surface area contributed by atoms with Crippen LogP contribution in [0.1, 0.15) is 30.0 Å². The number of rotatable bonds is 6. The summed E-state index contributed by atoms with van der Waals surface area (Å²) in [4.78, 5) is 43.8. The molecule has 1 fully saturated rings. The summed E-state index contributed by atoms with van der Waals surface area (Å²) in [5.74, 6) is 0.483. The first-order valence-electron chi connectivity index (χ1n) is 10.9. The van der Waals surface area contributed by atoms with E-state index in [1.807, 2.05) is 11.0 Å². The molecule has 2 aromatic carbocycles. The number of para-hydroxylation sites is 1. The van der Waals surface area contributed by atoms with E-state index in [0.29, 0.717) is 25.3 Å². The number of nitrogens with zero attached hydrogens (tertiary/aromatic N) is 5. The van der Waals surface area contributed by atoms with Crippen LogP contribution in [0.5, 0.6) is 0 Å². The summed E-state index contributed by atoms with van der Waals surface area (Å²) < 4.78 is 2.14. The first-order chi connectivity index (χ1) is 15.9. The molecule has 0 spiro atoms. The van der Waals surface area contributed by atoms with Crippen LogP contribution in [0.3, 0.4) is 0 Å². The molecule has 10 heteroatoms. The highest BCUT2D eigenvalue weighted by atomic mass is 16.6. The van der Waals surface area contributed by atoms with Gasteiger partial charge in [0.2, 0.25) is 5.91 Å². The van der Waals surface area contributed by atoms with Gasteiger partial charge < -0.3 is 14.8 Å². The molecule has 0 bridgehead atoms. The molecule has 172 valence electrons. The van der Waals surface area contributed by atoms with Gasteiger partial charge in [0.15, 0.2) is 0 Å². The highest BCUT2D eigenvalue weighted by Crippen LogP contribution is 2.24. The van der Waals surface area contributed by atoms with Crippen LogP contribution in [0.2, 0.25) is 0 Å². The fraction of sp³-hybridized carbons (Fsp3) is 0.348. The zero-order chi connectivity index (χ0) is 23.5. The minimum absolute atomic E-state index is 0.00655. The Morgan fingerprint density at radius 2 is 1.85 bits per heavy atom. The van der Waals surface area contributed by atoms with Gasteiger partial charge in [0.25, 0.3) is 11.6 Å². The summed E-state index contributed by atoms with van der Waals surface area (Å²) in [5.41, 5.74) is 1.99. The maximum absolute atomic E-state index is 12.7. The van der Waals surface area contributed by atoms with Crippen molar-refractivity contribution in [2.24, 2.45) is 0 Å². The minimum Gasteiger partial charge on any atom is -0.340 e. The van der Waals surface area contributed by atoms with Gasteiger partial charge in [-0.05, 0) is 31.2 Å². The number of anilines is 1. The number of nitro groups is 1. The molecule has 2 heterocycles. The van der Waals surface area contributed by atoms with Gasteiger partial charge in [-0.3, -0.25) is 24.6 Å². The van der Waals surface area contributed by atoms with E-state index < -0.39 is 10.8 Å². The maximum Gasteiger partial charge on any atom is 0.282 e. The predicted molar refractivity (Wildman–Crippen MR) is 124 cm³/mol. The van der Waals surface area contributed by atoms with Gasteiger partial charge in [-0.2, -0.15) is 0 Å². The lowest BCUT2D eigenvalue weighted by atomic mass is 10.1. The number of hydrogen-bond acceptors (Lipinski definition) is 6. The van der Waals surface area contributed by atoms with Crippen molar-refractivity contribution in [3.63, 3.8) is 0 Å². The Hall–Kier alpha value is -3.79. The van der Waals surface area contributed by atoms with Gasteiger partial charge in [0, 0.05) is 51.4 Å². The minimum atomic E-state index is -0.566. The molecule has 1 aliphatic heterocycles. The van der Waals surface area contributed by atoms with E-state index in [4.69, 9.17) is 4.98 Å². The normalized spacial score (nSPS) is 14.4. The zero-order valence-corrected chi connectivity index (χ0v) is 18.7. The number of piperazine rings is 1. The molecule has 1 aliphatic rings. The Bertz CT molecular complexity index is 1210. The van der Waals surface area contributed by atoms with Crippen LogP contribution in [0.15, 0.2) is 42.5 Å². The smallest absolute Gasteiger partial charge is 0.282 e. The lowest BCUT2D eigenvalue weighted by Crippen LogP contribution is -2.47. The first-order valence-corrected chi connectivity index (χ1v) is 10.9. The second kappa shape index (κ2) is 9.37. The number of amides is 2. The predicted octanol–water partition coefficient (Wildman–Crippen LogP) is 2.88. The summed E-state index contributed by atoms with van der Waals surface area (Å²) in [7, 11) is 0. The van der Waals surface area contributed by atoms with E-state index in [9.17, 15) is 19.7 Å². The van der Waals surface area contributed by atoms with Crippen molar-refractivity contribution >= 4 is 34.2 Å². The molecule has 3 aromatic rings. The van der Waals surface area contributed by atoms with E-state index in [1.54, 1.807) is 25.1 Å². The molecule has 4 rings (SSSR count). The largest absolute Gasteiger partial charge is 0.340 e. The molecule has 0 saturated carbocycles. The lowest BCUT2D eigenvalue weighted by Gasteiger charge is -2.33. The van der Waals surface area contributed by atoms with Crippen LogP contribution in [-0.4, -0.2) is 62.3 Å². The topological polar surface area (TPSA) is 114 Å². The summed E-state index contributed by atoms with van der Waals surface area (Å²) in [5, 5.41) is 14.0. The average Bonchev–Trinajstić information content (AvgIpc) is 3.15. The van der Waals surface area contributed by atoms with E-state index in [1.165, 1.54) is 18.2 Å². The van der Waals surface area contributed by atoms with E-state index in [0.717, 1.165) is 36.5 Å².